The van der Waals surface area contributed by atoms with Crippen LogP contribution in [-0.4, -0.2) is 26.8 Å². The fraction of sp³-hybridized carbons (Fsp3) is 0.368. The Kier molecular flexibility index (Phi) is 5.76. The van der Waals surface area contributed by atoms with Gasteiger partial charge in [0.25, 0.3) is 0 Å². The number of ether oxygens (including phenoxy) is 2. The summed E-state index contributed by atoms with van der Waals surface area (Å²) in [5.74, 6) is 1.49. The summed E-state index contributed by atoms with van der Waals surface area (Å²) in [5.41, 5.74) is 2.49. The van der Waals surface area contributed by atoms with E-state index in [9.17, 15) is 0 Å². The van der Waals surface area contributed by atoms with Gasteiger partial charge in [-0.05, 0) is 36.2 Å². The summed E-state index contributed by atoms with van der Waals surface area (Å²) in [6.45, 7) is 1.81. The van der Waals surface area contributed by atoms with Crippen LogP contribution < -0.4 is 20.1 Å². The van der Waals surface area contributed by atoms with Gasteiger partial charge in [0.2, 0.25) is 0 Å². The fourth-order valence-corrected chi connectivity index (χ4v) is 3.67. The van der Waals surface area contributed by atoms with Crippen molar-refractivity contribution >= 4 is 15.9 Å². The maximum atomic E-state index is 5.41. The molecule has 1 aliphatic rings. The summed E-state index contributed by atoms with van der Waals surface area (Å²) < 4.78 is 11.8. The second-order valence-corrected chi connectivity index (χ2v) is 6.77. The van der Waals surface area contributed by atoms with Gasteiger partial charge in [-0.2, -0.15) is 0 Å². The van der Waals surface area contributed by atoms with Crippen molar-refractivity contribution in [1.29, 1.82) is 0 Å². The largest absolute Gasteiger partial charge is 0.493 e. The van der Waals surface area contributed by atoms with E-state index in [0.29, 0.717) is 12.1 Å². The number of rotatable bonds is 6. The number of nitrogens with one attached hydrogen (secondary N) is 2. The van der Waals surface area contributed by atoms with E-state index in [4.69, 9.17) is 9.47 Å². The highest BCUT2D eigenvalue weighted by atomic mass is 79.9. The molecule has 0 saturated carbocycles. The Morgan fingerprint density at radius 1 is 1.12 bits per heavy atom. The number of methoxy groups -OCH3 is 2. The molecule has 2 atom stereocenters. The summed E-state index contributed by atoms with van der Waals surface area (Å²) in [7, 11) is 3.31. The van der Waals surface area contributed by atoms with Gasteiger partial charge >= 0.3 is 0 Å². The normalized spacial score (nSPS) is 20.1. The van der Waals surface area contributed by atoms with Crippen LogP contribution in [0.1, 0.15) is 23.6 Å². The third-order valence-electron chi connectivity index (χ3n) is 4.49. The lowest BCUT2D eigenvalue weighted by Gasteiger charge is -2.22. The molecule has 0 radical (unpaired) electrons. The van der Waals surface area contributed by atoms with Crippen molar-refractivity contribution in [1.82, 2.24) is 10.6 Å². The first-order chi connectivity index (χ1) is 11.7. The quantitative estimate of drug-likeness (QED) is 0.789. The molecule has 4 nitrogen and oxygen atoms in total. The molecule has 2 unspecified atom stereocenters. The van der Waals surface area contributed by atoms with E-state index in [1.165, 1.54) is 5.56 Å². The van der Waals surface area contributed by atoms with Gasteiger partial charge < -0.3 is 20.1 Å². The molecular formula is C19H23BrN2O2. The molecular weight excluding hydrogens is 368 g/mol. The van der Waals surface area contributed by atoms with E-state index in [1.54, 1.807) is 14.2 Å². The van der Waals surface area contributed by atoms with Crippen LogP contribution in [-0.2, 0) is 6.54 Å². The molecule has 2 aromatic rings. The van der Waals surface area contributed by atoms with Crippen molar-refractivity contribution in [3.63, 3.8) is 0 Å². The van der Waals surface area contributed by atoms with Crippen molar-refractivity contribution in [3.8, 4) is 11.5 Å². The second-order valence-electron chi connectivity index (χ2n) is 5.92. The van der Waals surface area contributed by atoms with E-state index in [1.807, 2.05) is 12.1 Å². The molecule has 0 aromatic heterocycles. The first-order valence-corrected chi connectivity index (χ1v) is 8.94. The minimum absolute atomic E-state index is 0.352. The molecule has 1 aliphatic heterocycles. The number of hydrogen-bond donors (Lipinski definition) is 2. The Bertz CT molecular complexity index is 679. The molecule has 1 fully saturated rings. The lowest BCUT2D eigenvalue weighted by molar-refractivity contribution is 0.354. The molecule has 0 spiro atoms. The zero-order valence-electron chi connectivity index (χ0n) is 14.0. The zero-order valence-corrected chi connectivity index (χ0v) is 15.6. The van der Waals surface area contributed by atoms with Gasteiger partial charge in [-0.15, -0.1) is 0 Å². The smallest absolute Gasteiger partial charge is 0.161 e. The van der Waals surface area contributed by atoms with E-state index in [-0.39, 0.29) is 0 Å². The van der Waals surface area contributed by atoms with Gasteiger partial charge in [-0.1, -0.05) is 46.3 Å². The Hall–Kier alpha value is -1.56. The summed E-state index contributed by atoms with van der Waals surface area (Å²) in [6.07, 6.45) is 1.12. The van der Waals surface area contributed by atoms with Gasteiger partial charge in [0.1, 0.15) is 0 Å². The molecule has 2 N–H and O–H groups in total. The highest BCUT2D eigenvalue weighted by Gasteiger charge is 2.27. The van der Waals surface area contributed by atoms with Crippen LogP contribution in [0.4, 0.5) is 0 Å². The molecule has 0 bridgehead atoms. The highest BCUT2D eigenvalue weighted by Crippen LogP contribution is 2.33. The van der Waals surface area contributed by atoms with Crippen LogP contribution in [0.3, 0.4) is 0 Å². The Balaban J connectivity index is 1.71. The van der Waals surface area contributed by atoms with Crippen LogP contribution in [0.25, 0.3) is 0 Å². The molecule has 3 rings (SSSR count). The van der Waals surface area contributed by atoms with Crippen molar-refractivity contribution in [2.45, 2.75) is 25.0 Å². The predicted octanol–water partition coefficient (Wildman–Crippen LogP) is 3.66. The van der Waals surface area contributed by atoms with Crippen molar-refractivity contribution in [2.75, 3.05) is 20.8 Å². The first-order valence-electron chi connectivity index (χ1n) is 8.15. The maximum absolute atomic E-state index is 5.41. The summed E-state index contributed by atoms with van der Waals surface area (Å²) in [4.78, 5) is 0. The first kappa shape index (κ1) is 17.3. The summed E-state index contributed by atoms with van der Waals surface area (Å²) in [5, 5.41) is 7.28. The van der Waals surface area contributed by atoms with Gasteiger partial charge in [-0.25, -0.2) is 0 Å². The monoisotopic (exact) mass is 390 g/mol. The van der Waals surface area contributed by atoms with Crippen molar-refractivity contribution in [3.05, 3.63) is 58.1 Å². The number of hydrogen-bond acceptors (Lipinski definition) is 4. The highest BCUT2D eigenvalue weighted by molar-refractivity contribution is 9.10. The average molecular weight is 391 g/mol. The molecule has 5 heteroatoms. The molecule has 24 heavy (non-hydrogen) atoms. The lowest BCUT2D eigenvalue weighted by Crippen LogP contribution is -2.34. The molecule has 128 valence electrons. The van der Waals surface area contributed by atoms with Crippen molar-refractivity contribution in [2.24, 2.45) is 0 Å². The Labute approximate surface area is 151 Å². The van der Waals surface area contributed by atoms with Gasteiger partial charge in [0.15, 0.2) is 11.5 Å². The summed E-state index contributed by atoms with van der Waals surface area (Å²) >= 11 is 3.63. The Morgan fingerprint density at radius 3 is 2.54 bits per heavy atom. The van der Waals surface area contributed by atoms with E-state index in [2.05, 4.69) is 56.9 Å². The molecule has 0 aliphatic carbocycles. The minimum atomic E-state index is 0.352. The molecule has 1 saturated heterocycles. The van der Waals surface area contributed by atoms with Crippen LogP contribution in [0.5, 0.6) is 11.5 Å². The van der Waals surface area contributed by atoms with Crippen LogP contribution >= 0.6 is 15.9 Å². The number of halogens is 1. The maximum Gasteiger partial charge on any atom is 0.161 e. The van der Waals surface area contributed by atoms with E-state index >= 15 is 0 Å². The van der Waals surface area contributed by atoms with Gasteiger partial charge in [-0.3, -0.25) is 0 Å². The fourth-order valence-electron chi connectivity index (χ4n) is 3.21. The second kappa shape index (κ2) is 8.01. The lowest BCUT2D eigenvalue weighted by atomic mass is 10.0. The minimum Gasteiger partial charge on any atom is -0.493 e. The van der Waals surface area contributed by atoms with Crippen LogP contribution in [0.15, 0.2) is 46.9 Å². The topological polar surface area (TPSA) is 42.5 Å². The molecule has 2 aromatic carbocycles. The summed E-state index contributed by atoms with van der Waals surface area (Å²) in [6, 6.07) is 15.4. The zero-order chi connectivity index (χ0) is 16.9. The standard InChI is InChI=1S/C19H23BrN2O2/c1-23-17-10-14(15(20)11-18(17)24-2)12-22-16-8-9-21-19(16)13-6-4-3-5-7-13/h3-7,10-11,16,19,21-22H,8-9,12H2,1-2H3. The van der Waals surface area contributed by atoms with Crippen molar-refractivity contribution < 1.29 is 9.47 Å². The van der Waals surface area contributed by atoms with Crippen LogP contribution in [0.2, 0.25) is 0 Å². The molecule has 0 amide bonds. The number of benzene rings is 2. The van der Waals surface area contributed by atoms with Gasteiger partial charge in [0.05, 0.1) is 14.2 Å². The average Bonchev–Trinajstić information content (AvgIpc) is 3.09. The third-order valence-corrected chi connectivity index (χ3v) is 5.23. The van der Waals surface area contributed by atoms with Crippen LogP contribution in [0, 0.1) is 0 Å². The van der Waals surface area contributed by atoms with E-state index < -0.39 is 0 Å². The van der Waals surface area contributed by atoms with Gasteiger partial charge in [0, 0.05) is 23.1 Å². The third kappa shape index (κ3) is 3.74. The molecule has 1 heterocycles. The Morgan fingerprint density at radius 2 is 1.83 bits per heavy atom. The van der Waals surface area contributed by atoms with E-state index in [0.717, 1.165) is 41.0 Å². The predicted molar refractivity (Wildman–Crippen MR) is 99.7 cm³/mol. The SMILES string of the molecule is COc1cc(Br)c(CNC2CCNC2c2ccccc2)cc1OC.